The number of nitrogens with one attached hydrogen (secondary N) is 1. The summed E-state index contributed by atoms with van der Waals surface area (Å²) in [5.74, 6) is 0.760. The number of fused-ring (bicyclic) bond motifs is 1. The molecule has 0 unspecified atom stereocenters. The van der Waals surface area contributed by atoms with E-state index in [1.807, 2.05) is 23.6 Å². The molecule has 18 heavy (non-hydrogen) atoms. The SMILES string of the molecule is N#Cc1cccc(Nc2ncnc3sccc23)c1. The van der Waals surface area contributed by atoms with E-state index in [1.165, 1.54) is 6.33 Å². The van der Waals surface area contributed by atoms with Gasteiger partial charge in [0.15, 0.2) is 0 Å². The normalized spacial score (nSPS) is 10.2. The fraction of sp³-hybridized carbons (Fsp3) is 0. The van der Waals surface area contributed by atoms with Crippen LogP contribution >= 0.6 is 11.3 Å². The lowest BCUT2D eigenvalue weighted by molar-refractivity contribution is 1.23. The van der Waals surface area contributed by atoms with Gasteiger partial charge in [0.1, 0.15) is 17.0 Å². The molecule has 0 atom stereocenters. The molecule has 3 rings (SSSR count). The van der Waals surface area contributed by atoms with Crippen LogP contribution in [0.25, 0.3) is 10.2 Å². The number of aromatic nitrogens is 2. The Kier molecular flexibility index (Phi) is 2.63. The second-order valence-corrected chi connectivity index (χ2v) is 4.57. The molecule has 0 bridgehead atoms. The van der Waals surface area contributed by atoms with Crippen LogP contribution in [0.3, 0.4) is 0 Å². The number of benzene rings is 1. The van der Waals surface area contributed by atoms with Gasteiger partial charge in [-0.2, -0.15) is 5.26 Å². The van der Waals surface area contributed by atoms with Crippen LogP contribution in [0.5, 0.6) is 0 Å². The van der Waals surface area contributed by atoms with Crippen LogP contribution in [-0.2, 0) is 0 Å². The quantitative estimate of drug-likeness (QED) is 0.760. The first-order valence-electron chi connectivity index (χ1n) is 5.32. The largest absolute Gasteiger partial charge is 0.340 e. The fourth-order valence-corrected chi connectivity index (χ4v) is 2.43. The van der Waals surface area contributed by atoms with Crippen molar-refractivity contribution >= 4 is 33.1 Å². The van der Waals surface area contributed by atoms with Crippen LogP contribution in [0.4, 0.5) is 11.5 Å². The molecule has 0 saturated carbocycles. The van der Waals surface area contributed by atoms with Gasteiger partial charge >= 0.3 is 0 Å². The predicted molar refractivity (Wildman–Crippen MR) is 71.9 cm³/mol. The molecule has 0 amide bonds. The number of hydrogen-bond acceptors (Lipinski definition) is 5. The Labute approximate surface area is 108 Å². The number of hydrogen-bond donors (Lipinski definition) is 1. The smallest absolute Gasteiger partial charge is 0.142 e. The minimum Gasteiger partial charge on any atom is -0.340 e. The summed E-state index contributed by atoms with van der Waals surface area (Å²) in [5.41, 5.74) is 1.47. The van der Waals surface area contributed by atoms with E-state index in [1.54, 1.807) is 23.5 Å². The first-order chi connectivity index (χ1) is 8.86. The lowest BCUT2D eigenvalue weighted by Crippen LogP contribution is -1.94. The second kappa shape index (κ2) is 4.43. The highest BCUT2D eigenvalue weighted by Crippen LogP contribution is 2.26. The van der Waals surface area contributed by atoms with Crippen molar-refractivity contribution in [2.75, 3.05) is 5.32 Å². The predicted octanol–water partition coefficient (Wildman–Crippen LogP) is 3.31. The third-order valence-corrected chi connectivity index (χ3v) is 3.34. The Morgan fingerprint density at radius 3 is 3.06 bits per heavy atom. The molecule has 0 aliphatic rings. The number of nitriles is 1. The molecule has 0 aliphatic carbocycles. The lowest BCUT2D eigenvalue weighted by Gasteiger charge is -2.06. The molecular weight excluding hydrogens is 244 g/mol. The molecule has 0 radical (unpaired) electrons. The van der Waals surface area contributed by atoms with Crippen molar-refractivity contribution < 1.29 is 0 Å². The van der Waals surface area contributed by atoms with E-state index < -0.39 is 0 Å². The second-order valence-electron chi connectivity index (χ2n) is 3.68. The highest BCUT2D eigenvalue weighted by atomic mass is 32.1. The van der Waals surface area contributed by atoms with Crippen LogP contribution in [0.2, 0.25) is 0 Å². The van der Waals surface area contributed by atoms with Crippen LogP contribution in [0, 0.1) is 11.3 Å². The van der Waals surface area contributed by atoms with Crippen molar-refractivity contribution in [1.82, 2.24) is 9.97 Å². The van der Waals surface area contributed by atoms with Crippen molar-refractivity contribution in [2.45, 2.75) is 0 Å². The molecule has 0 saturated heterocycles. The summed E-state index contributed by atoms with van der Waals surface area (Å²) >= 11 is 1.58. The number of anilines is 2. The Hall–Kier alpha value is -2.45. The van der Waals surface area contributed by atoms with Gasteiger partial charge in [-0.3, -0.25) is 0 Å². The summed E-state index contributed by atoms with van der Waals surface area (Å²) in [6.07, 6.45) is 1.54. The monoisotopic (exact) mass is 252 g/mol. The molecule has 2 aromatic heterocycles. The minimum atomic E-state index is 0.621. The van der Waals surface area contributed by atoms with E-state index in [2.05, 4.69) is 21.4 Å². The Balaban J connectivity index is 2.01. The van der Waals surface area contributed by atoms with Crippen LogP contribution in [0.1, 0.15) is 5.56 Å². The van der Waals surface area contributed by atoms with Crippen molar-refractivity contribution in [1.29, 1.82) is 5.26 Å². The first-order valence-corrected chi connectivity index (χ1v) is 6.20. The van der Waals surface area contributed by atoms with Gasteiger partial charge in [-0.15, -0.1) is 11.3 Å². The average molecular weight is 252 g/mol. The molecule has 86 valence electrons. The molecule has 0 aliphatic heterocycles. The summed E-state index contributed by atoms with van der Waals surface area (Å²) < 4.78 is 0. The number of thiophene rings is 1. The van der Waals surface area contributed by atoms with Crippen LogP contribution in [0.15, 0.2) is 42.0 Å². The van der Waals surface area contributed by atoms with E-state index in [0.717, 1.165) is 21.7 Å². The van der Waals surface area contributed by atoms with Gasteiger partial charge in [0.2, 0.25) is 0 Å². The van der Waals surface area contributed by atoms with E-state index >= 15 is 0 Å². The van der Waals surface area contributed by atoms with E-state index in [9.17, 15) is 0 Å². The molecule has 0 fully saturated rings. The zero-order valence-electron chi connectivity index (χ0n) is 9.29. The molecule has 4 nitrogen and oxygen atoms in total. The maximum absolute atomic E-state index is 8.87. The zero-order chi connectivity index (χ0) is 12.4. The van der Waals surface area contributed by atoms with Gasteiger partial charge < -0.3 is 5.32 Å². The molecule has 1 aromatic carbocycles. The molecule has 3 aromatic rings. The Morgan fingerprint density at radius 1 is 1.22 bits per heavy atom. The highest BCUT2D eigenvalue weighted by molar-refractivity contribution is 7.16. The van der Waals surface area contributed by atoms with Gasteiger partial charge in [-0.1, -0.05) is 6.07 Å². The lowest BCUT2D eigenvalue weighted by atomic mass is 10.2. The van der Waals surface area contributed by atoms with Gasteiger partial charge in [0.25, 0.3) is 0 Å². The van der Waals surface area contributed by atoms with Gasteiger partial charge in [-0.05, 0) is 29.6 Å². The van der Waals surface area contributed by atoms with E-state index in [0.29, 0.717) is 5.56 Å². The molecular formula is C13H8N4S. The van der Waals surface area contributed by atoms with Crippen molar-refractivity contribution in [3.05, 3.63) is 47.6 Å². The Bertz CT molecular complexity index is 742. The summed E-state index contributed by atoms with van der Waals surface area (Å²) in [6.45, 7) is 0. The van der Waals surface area contributed by atoms with Crippen molar-refractivity contribution in [2.24, 2.45) is 0 Å². The zero-order valence-corrected chi connectivity index (χ0v) is 10.1. The third kappa shape index (κ3) is 1.90. The third-order valence-electron chi connectivity index (χ3n) is 2.52. The maximum atomic E-state index is 8.87. The molecule has 2 heterocycles. The number of nitrogens with zero attached hydrogens (tertiary/aromatic N) is 3. The van der Waals surface area contributed by atoms with Crippen LogP contribution < -0.4 is 5.32 Å². The first kappa shape index (κ1) is 10.7. The summed E-state index contributed by atoms with van der Waals surface area (Å²) in [7, 11) is 0. The van der Waals surface area contributed by atoms with Gasteiger partial charge in [-0.25, -0.2) is 9.97 Å². The van der Waals surface area contributed by atoms with E-state index in [-0.39, 0.29) is 0 Å². The standard InChI is InChI=1S/C13H8N4S/c14-7-9-2-1-3-10(6-9)17-12-11-4-5-18-13(11)16-8-15-12/h1-6,8H,(H,15,16,17). The number of rotatable bonds is 2. The summed E-state index contributed by atoms with van der Waals surface area (Å²) in [6, 6.07) is 11.4. The molecule has 1 N–H and O–H groups in total. The fourth-order valence-electron chi connectivity index (χ4n) is 1.69. The molecule has 5 heteroatoms. The molecule has 0 spiro atoms. The highest BCUT2D eigenvalue weighted by Gasteiger charge is 2.05. The minimum absolute atomic E-state index is 0.621. The van der Waals surface area contributed by atoms with Gasteiger partial charge in [0.05, 0.1) is 17.0 Å². The Morgan fingerprint density at radius 2 is 2.17 bits per heavy atom. The summed E-state index contributed by atoms with van der Waals surface area (Å²) in [5, 5.41) is 15.1. The topological polar surface area (TPSA) is 61.6 Å². The average Bonchev–Trinajstić information content (AvgIpc) is 2.88. The van der Waals surface area contributed by atoms with E-state index in [4.69, 9.17) is 5.26 Å². The van der Waals surface area contributed by atoms with Crippen molar-refractivity contribution in [3.63, 3.8) is 0 Å². The van der Waals surface area contributed by atoms with Gasteiger partial charge in [0, 0.05) is 5.69 Å². The maximum Gasteiger partial charge on any atom is 0.142 e. The van der Waals surface area contributed by atoms with Crippen LogP contribution in [-0.4, -0.2) is 9.97 Å². The summed E-state index contributed by atoms with van der Waals surface area (Å²) in [4.78, 5) is 9.37. The van der Waals surface area contributed by atoms with Crippen molar-refractivity contribution in [3.8, 4) is 6.07 Å².